The molecule has 6 nitrogen and oxygen atoms in total. The van der Waals surface area contributed by atoms with E-state index in [0.717, 1.165) is 19.3 Å². The van der Waals surface area contributed by atoms with Crippen LogP contribution in [0.1, 0.15) is 28.8 Å². The number of esters is 1. The largest absolute Gasteiger partial charge is 0.465 e. The Balaban J connectivity index is 1.56. The Hall–Kier alpha value is -2.86. The van der Waals surface area contributed by atoms with E-state index >= 15 is 0 Å². The van der Waals surface area contributed by atoms with Gasteiger partial charge >= 0.3 is 12.0 Å². The number of urea groups is 1. The van der Waals surface area contributed by atoms with Crippen molar-refractivity contribution < 1.29 is 19.4 Å². The molecule has 1 heterocycles. The number of hydrogen-bond acceptors (Lipinski definition) is 4. The van der Waals surface area contributed by atoms with Gasteiger partial charge in [-0.2, -0.15) is 0 Å². The summed E-state index contributed by atoms with van der Waals surface area (Å²) in [6.07, 6.45) is 2.33. The summed E-state index contributed by atoms with van der Waals surface area (Å²) in [6, 6.07) is 16.6. The maximum absolute atomic E-state index is 12.6. The second-order valence-electron chi connectivity index (χ2n) is 7.31. The number of nitrogens with zero attached hydrogens (tertiary/aromatic N) is 1. The molecule has 2 N–H and O–H groups in total. The van der Waals surface area contributed by atoms with Gasteiger partial charge in [0.2, 0.25) is 0 Å². The third kappa shape index (κ3) is 4.70. The average molecular weight is 382 g/mol. The number of aliphatic hydroxyl groups is 1. The minimum Gasteiger partial charge on any atom is -0.465 e. The van der Waals surface area contributed by atoms with Gasteiger partial charge in [0, 0.05) is 30.8 Å². The van der Waals surface area contributed by atoms with Crippen LogP contribution in [-0.2, 0) is 11.2 Å². The van der Waals surface area contributed by atoms with Crippen molar-refractivity contribution in [2.45, 2.75) is 19.3 Å². The minimum absolute atomic E-state index is 0.117. The highest BCUT2D eigenvalue weighted by Gasteiger charge is 2.35. The summed E-state index contributed by atoms with van der Waals surface area (Å²) in [7, 11) is 1.33. The van der Waals surface area contributed by atoms with Crippen molar-refractivity contribution in [3.05, 3.63) is 65.7 Å². The van der Waals surface area contributed by atoms with E-state index in [-0.39, 0.29) is 18.1 Å². The van der Waals surface area contributed by atoms with Gasteiger partial charge in [-0.25, -0.2) is 9.59 Å². The second-order valence-corrected chi connectivity index (χ2v) is 7.31. The number of carbonyl (C=O) groups excluding carboxylic acids is 2. The third-order valence-electron chi connectivity index (χ3n) is 5.43. The van der Waals surface area contributed by atoms with Crippen LogP contribution in [0.3, 0.4) is 0 Å². The fourth-order valence-corrected chi connectivity index (χ4v) is 3.61. The first-order valence-corrected chi connectivity index (χ1v) is 9.44. The van der Waals surface area contributed by atoms with Gasteiger partial charge < -0.3 is 20.1 Å². The highest BCUT2D eigenvalue weighted by atomic mass is 16.5. The standard InChI is InChI=1S/C22H26N2O4/c1-28-20(26)18-7-9-19(10-8-18)23-21(27)24-13-11-22(16-25,12-14-24)15-17-5-3-2-4-6-17/h2-10,25H,11-16H2,1H3,(H,23,27). The van der Waals surface area contributed by atoms with Crippen molar-refractivity contribution in [1.82, 2.24) is 4.90 Å². The van der Waals surface area contributed by atoms with Crippen LogP contribution in [0, 0.1) is 5.41 Å². The van der Waals surface area contributed by atoms with Crippen LogP contribution < -0.4 is 5.32 Å². The smallest absolute Gasteiger partial charge is 0.337 e. The van der Waals surface area contributed by atoms with E-state index in [9.17, 15) is 14.7 Å². The van der Waals surface area contributed by atoms with Gasteiger partial charge in [-0.05, 0) is 49.1 Å². The molecule has 1 aliphatic heterocycles. The first kappa shape index (κ1) is 19.9. The topological polar surface area (TPSA) is 78.9 Å². The van der Waals surface area contributed by atoms with E-state index in [1.165, 1.54) is 12.7 Å². The summed E-state index contributed by atoms with van der Waals surface area (Å²) >= 11 is 0. The summed E-state index contributed by atoms with van der Waals surface area (Å²) in [5, 5.41) is 12.9. The number of anilines is 1. The molecule has 1 aliphatic rings. The normalized spacial score (nSPS) is 15.7. The Morgan fingerprint density at radius 3 is 2.29 bits per heavy atom. The number of benzene rings is 2. The van der Waals surface area contributed by atoms with Crippen molar-refractivity contribution in [3.63, 3.8) is 0 Å². The van der Waals surface area contributed by atoms with E-state index in [2.05, 4.69) is 22.2 Å². The van der Waals surface area contributed by atoms with Gasteiger partial charge in [-0.15, -0.1) is 0 Å². The molecule has 0 aromatic heterocycles. The number of piperidine rings is 1. The van der Waals surface area contributed by atoms with Crippen LogP contribution in [0.25, 0.3) is 0 Å². The Morgan fingerprint density at radius 1 is 1.07 bits per heavy atom. The molecule has 2 aromatic rings. The van der Waals surface area contributed by atoms with E-state index < -0.39 is 5.97 Å². The molecule has 2 amide bonds. The Labute approximate surface area is 165 Å². The molecule has 6 heteroatoms. The van der Waals surface area contributed by atoms with E-state index in [1.54, 1.807) is 29.2 Å². The SMILES string of the molecule is COC(=O)c1ccc(NC(=O)N2CCC(CO)(Cc3ccccc3)CC2)cc1. The summed E-state index contributed by atoms with van der Waals surface area (Å²) in [5.41, 5.74) is 2.09. The summed E-state index contributed by atoms with van der Waals surface area (Å²) in [6.45, 7) is 1.31. The predicted molar refractivity (Wildman–Crippen MR) is 107 cm³/mol. The molecule has 3 rings (SSSR count). The fraction of sp³-hybridized carbons (Fsp3) is 0.364. The number of nitrogens with one attached hydrogen (secondary N) is 1. The molecule has 0 spiro atoms. The maximum atomic E-state index is 12.6. The minimum atomic E-state index is -0.410. The number of likely N-dealkylation sites (tertiary alicyclic amines) is 1. The molecule has 1 fully saturated rings. The number of rotatable bonds is 5. The summed E-state index contributed by atoms with van der Waals surface area (Å²) in [5.74, 6) is -0.410. The fourth-order valence-electron chi connectivity index (χ4n) is 3.61. The lowest BCUT2D eigenvalue weighted by Crippen LogP contribution is -2.47. The highest BCUT2D eigenvalue weighted by Crippen LogP contribution is 2.35. The van der Waals surface area contributed by atoms with Crippen LogP contribution >= 0.6 is 0 Å². The number of carbonyl (C=O) groups is 2. The van der Waals surface area contributed by atoms with Crippen molar-refractivity contribution in [2.75, 3.05) is 32.1 Å². The van der Waals surface area contributed by atoms with Crippen molar-refractivity contribution in [3.8, 4) is 0 Å². The van der Waals surface area contributed by atoms with Crippen LogP contribution in [-0.4, -0.2) is 48.8 Å². The molecule has 0 radical (unpaired) electrons. The summed E-state index contributed by atoms with van der Waals surface area (Å²) < 4.78 is 4.67. The van der Waals surface area contributed by atoms with Crippen molar-refractivity contribution >= 4 is 17.7 Å². The molecule has 28 heavy (non-hydrogen) atoms. The monoisotopic (exact) mass is 382 g/mol. The third-order valence-corrected chi connectivity index (χ3v) is 5.43. The molecular weight excluding hydrogens is 356 g/mol. The molecule has 0 saturated carbocycles. The van der Waals surface area contributed by atoms with Crippen LogP contribution in [0.4, 0.5) is 10.5 Å². The lowest BCUT2D eigenvalue weighted by Gasteiger charge is -2.40. The van der Waals surface area contributed by atoms with E-state index in [1.807, 2.05) is 18.2 Å². The van der Waals surface area contributed by atoms with E-state index in [0.29, 0.717) is 24.3 Å². The van der Waals surface area contributed by atoms with Gasteiger partial charge in [-0.1, -0.05) is 30.3 Å². The predicted octanol–water partition coefficient (Wildman–Crippen LogP) is 3.32. The molecular formula is C22H26N2O4. The highest BCUT2D eigenvalue weighted by molar-refractivity contribution is 5.92. The van der Waals surface area contributed by atoms with Crippen molar-refractivity contribution in [2.24, 2.45) is 5.41 Å². The first-order chi connectivity index (χ1) is 13.5. The van der Waals surface area contributed by atoms with Gasteiger partial charge in [-0.3, -0.25) is 0 Å². The van der Waals surface area contributed by atoms with Crippen LogP contribution in [0.15, 0.2) is 54.6 Å². The zero-order chi connectivity index (χ0) is 20.0. The molecule has 0 bridgehead atoms. The number of ether oxygens (including phenoxy) is 1. The number of aliphatic hydroxyl groups excluding tert-OH is 1. The van der Waals surface area contributed by atoms with E-state index in [4.69, 9.17) is 0 Å². The Morgan fingerprint density at radius 2 is 1.71 bits per heavy atom. The Kier molecular flexibility index (Phi) is 6.31. The Bertz CT molecular complexity index is 797. The lowest BCUT2D eigenvalue weighted by molar-refractivity contribution is 0.0575. The van der Waals surface area contributed by atoms with Crippen molar-refractivity contribution in [1.29, 1.82) is 0 Å². The van der Waals surface area contributed by atoms with Gasteiger partial charge in [0.15, 0.2) is 0 Å². The van der Waals surface area contributed by atoms with Gasteiger partial charge in [0.1, 0.15) is 0 Å². The summed E-state index contributed by atoms with van der Waals surface area (Å²) in [4.78, 5) is 25.8. The molecule has 2 aromatic carbocycles. The van der Waals surface area contributed by atoms with Crippen LogP contribution in [0.2, 0.25) is 0 Å². The molecule has 1 saturated heterocycles. The molecule has 0 atom stereocenters. The molecule has 148 valence electrons. The molecule has 0 aliphatic carbocycles. The van der Waals surface area contributed by atoms with Gasteiger partial charge in [0.25, 0.3) is 0 Å². The second kappa shape index (κ2) is 8.89. The molecule has 0 unspecified atom stereocenters. The first-order valence-electron chi connectivity index (χ1n) is 9.44. The average Bonchev–Trinajstić information content (AvgIpc) is 2.75. The number of amides is 2. The number of methoxy groups -OCH3 is 1. The maximum Gasteiger partial charge on any atom is 0.337 e. The zero-order valence-electron chi connectivity index (χ0n) is 16.1. The lowest BCUT2D eigenvalue weighted by atomic mass is 9.74. The number of hydrogen-bond donors (Lipinski definition) is 2. The van der Waals surface area contributed by atoms with Gasteiger partial charge in [0.05, 0.1) is 12.7 Å². The van der Waals surface area contributed by atoms with Crippen LogP contribution in [0.5, 0.6) is 0 Å². The quantitative estimate of drug-likeness (QED) is 0.778. The zero-order valence-corrected chi connectivity index (χ0v) is 16.1.